The third-order valence-electron chi connectivity index (χ3n) is 3.91. The predicted molar refractivity (Wildman–Crippen MR) is 89.0 cm³/mol. The third-order valence-corrected chi connectivity index (χ3v) is 3.91. The smallest absolute Gasteiger partial charge is 0.455 e. The summed E-state index contributed by atoms with van der Waals surface area (Å²) in [6.45, 7) is 0. The molecule has 2 N–H and O–H groups in total. The van der Waals surface area contributed by atoms with E-state index in [1.165, 1.54) is 0 Å². The highest BCUT2D eigenvalue weighted by molar-refractivity contribution is 6.58. The fourth-order valence-electron chi connectivity index (χ4n) is 2.82. The molecule has 0 atom stereocenters. The van der Waals surface area contributed by atoms with Crippen LogP contribution in [0.2, 0.25) is 0 Å². The summed E-state index contributed by atoms with van der Waals surface area (Å²) in [7, 11) is -1.49. The largest absolute Gasteiger partial charge is 0.488 e. The minimum absolute atomic E-state index is 0.424. The molecular formula is C18H13BO3. The van der Waals surface area contributed by atoms with Gasteiger partial charge >= 0.3 is 7.12 Å². The van der Waals surface area contributed by atoms with Gasteiger partial charge in [0.05, 0.1) is 0 Å². The van der Waals surface area contributed by atoms with Gasteiger partial charge in [0.15, 0.2) is 0 Å². The van der Waals surface area contributed by atoms with Crippen molar-refractivity contribution in [2.45, 2.75) is 0 Å². The zero-order valence-electron chi connectivity index (χ0n) is 11.7. The maximum Gasteiger partial charge on any atom is 0.488 e. The Balaban J connectivity index is 2.03. The Morgan fingerprint density at radius 2 is 1.59 bits per heavy atom. The lowest BCUT2D eigenvalue weighted by molar-refractivity contribution is 0.425. The van der Waals surface area contributed by atoms with Crippen molar-refractivity contribution in [3.63, 3.8) is 0 Å². The maximum atomic E-state index is 9.30. The lowest BCUT2D eigenvalue weighted by Crippen LogP contribution is -2.29. The van der Waals surface area contributed by atoms with Gasteiger partial charge in [-0.05, 0) is 17.1 Å². The first-order valence-electron chi connectivity index (χ1n) is 7.11. The van der Waals surface area contributed by atoms with Gasteiger partial charge < -0.3 is 14.5 Å². The second kappa shape index (κ2) is 5.02. The summed E-state index contributed by atoms with van der Waals surface area (Å²) in [6.07, 6.45) is 0. The molecule has 4 heteroatoms. The van der Waals surface area contributed by atoms with E-state index in [-0.39, 0.29) is 0 Å². The average Bonchev–Trinajstić information content (AvgIpc) is 2.93. The summed E-state index contributed by atoms with van der Waals surface area (Å²) in [4.78, 5) is 0. The number of rotatable bonds is 2. The van der Waals surface area contributed by atoms with Crippen LogP contribution in [0.4, 0.5) is 0 Å². The molecule has 0 amide bonds. The highest BCUT2D eigenvalue weighted by atomic mass is 16.4. The molecule has 0 fully saturated rings. The lowest BCUT2D eigenvalue weighted by atomic mass is 9.80. The van der Waals surface area contributed by atoms with Gasteiger partial charge in [0, 0.05) is 16.3 Å². The zero-order valence-corrected chi connectivity index (χ0v) is 11.7. The summed E-state index contributed by atoms with van der Waals surface area (Å²) in [5.41, 5.74) is 4.01. The minimum atomic E-state index is -1.49. The number of para-hydroxylation sites is 1. The van der Waals surface area contributed by atoms with Gasteiger partial charge in [-0.3, -0.25) is 0 Å². The van der Waals surface area contributed by atoms with Crippen LogP contribution >= 0.6 is 0 Å². The topological polar surface area (TPSA) is 53.6 Å². The summed E-state index contributed by atoms with van der Waals surface area (Å²) in [5, 5.41) is 20.6. The van der Waals surface area contributed by atoms with E-state index in [0.717, 1.165) is 27.5 Å². The minimum Gasteiger partial charge on any atom is -0.455 e. The standard InChI is InChI=1S/C18H13BO3/c20-19(21)13-9-10-15-16-8-4-7-14(12-5-2-1-3-6-12)18(16)22-17(15)11-13/h1-11,20-21H. The van der Waals surface area contributed by atoms with E-state index in [4.69, 9.17) is 4.42 Å². The van der Waals surface area contributed by atoms with Crippen LogP contribution in [-0.4, -0.2) is 17.2 Å². The Morgan fingerprint density at radius 1 is 0.773 bits per heavy atom. The molecular weight excluding hydrogens is 275 g/mol. The van der Waals surface area contributed by atoms with Crippen LogP contribution in [0.15, 0.2) is 71.1 Å². The molecule has 0 aliphatic carbocycles. The molecule has 0 unspecified atom stereocenters. The maximum absolute atomic E-state index is 9.30. The van der Waals surface area contributed by atoms with Gasteiger partial charge in [-0.25, -0.2) is 0 Å². The van der Waals surface area contributed by atoms with Crippen molar-refractivity contribution < 1.29 is 14.5 Å². The lowest BCUT2D eigenvalue weighted by Gasteiger charge is -2.01. The fourth-order valence-corrected chi connectivity index (χ4v) is 2.82. The molecule has 0 saturated carbocycles. The van der Waals surface area contributed by atoms with Gasteiger partial charge in [0.25, 0.3) is 0 Å². The Kier molecular flexibility index (Phi) is 3.00. The van der Waals surface area contributed by atoms with Crippen molar-refractivity contribution in [2.75, 3.05) is 0 Å². The van der Waals surface area contributed by atoms with Gasteiger partial charge in [-0.2, -0.15) is 0 Å². The molecule has 0 aliphatic rings. The van der Waals surface area contributed by atoms with E-state index in [0.29, 0.717) is 11.0 Å². The van der Waals surface area contributed by atoms with Gasteiger partial charge in [0.1, 0.15) is 11.2 Å². The first-order chi connectivity index (χ1) is 10.7. The van der Waals surface area contributed by atoms with Crippen LogP contribution in [-0.2, 0) is 0 Å². The SMILES string of the molecule is OB(O)c1ccc2c(c1)oc1c(-c3ccccc3)cccc12. The number of furan rings is 1. The molecule has 0 spiro atoms. The third kappa shape index (κ3) is 2.01. The fraction of sp³-hybridized carbons (Fsp3) is 0. The first kappa shape index (κ1) is 13.1. The quantitative estimate of drug-likeness (QED) is 0.558. The van der Waals surface area contributed by atoms with Gasteiger partial charge in [-0.1, -0.05) is 60.7 Å². The molecule has 0 radical (unpaired) electrons. The van der Waals surface area contributed by atoms with E-state index in [9.17, 15) is 10.0 Å². The Labute approximate surface area is 127 Å². The number of fused-ring (bicyclic) bond motifs is 3. The van der Waals surface area contributed by atoms with E-state index in [1.54, 1.807) is 12.1 Å². The highest BCUT2D eigenvalue weighted by Crippen LogP contribution is 2.35. The normalized spacial score (nSPS) is 11.2. The summed E-state index contributed by atoms with van der Waals surface area (Å²) >= 11 is 0. The van der Waals surface area contributed by atoms with Crippen molar-refractivity contribution >= 4 is 34.5 Å². The van der Waals surface area contributed by atoms with Crippen LogP contribution in [0.3, 0.4) is 0 Å². The van der Waals surface area contributed by atoms with Crippen LogP contribution < -0.4 is 5.46 Å². The molecule has 22 heavy (non-hydrogen) atoms. The molecule has 4 rings (SSSR count). The Bertz CT molecular complexity index is 958. The van der Waals surface area contributed by atoms with E-state index in [1.807, 2.05) is 54.6 Å². The van der Waals surface area contributed by atoms with E-state index < -0.39 is 7.12 Å². The van der Waals surface area contributed by atoms with E-state index in [2.05, 4.69) is 0 Å². The van der Waals surface area contributed by atoms with Crippen LogP contribution in [0.25, 0.3) is 33.1 Å². The monoisotopic (exact) mass is 288 g/mol. The molecule has 4 aromatic rings. The molecule has 0 saturated heterocycles. The molecule has 3 nitrogen and oxygen atoms in total. The molecule has 1 heterocycles. The van der Waals surface area contributed by atoms with Crippen LogP contribution in [0, 0.1) is 0 Å². The summed E-state index contributed by atoms with van der Waals surface area (Å²) < 4.78 is 6.01. The second-order valence-electron chi connectivity index (χ2n) is 5.28. The number of hydrogen-bond acceptors (Lipinski definition) is 3. The molecule has 0 bridgehead atoms. The second-order valence-corrected chi connectivity index (χ2v) is 5.28. The zero-order chi connectivity index (χ0) is 15.1. The van der Waals surface area contributed by atoms with Crippen molar-refractivity contribution in [2.24, 2.45) is 0 Å². The van der Waals surface area contributed by atoms with Crippen molar-refractivity contribution in [3.05, 3.63) is 66.7 Å². The van der Waals surface area contributed by atoms with Crippen LogP contribution in [0.1, 0.15) is 0 Å². The molecule has 0 aliphatic heterocycles. The van der Waals surface area contributed by atoms with Gasteiger partial charge in [0.2, 0.25) is 0 Å². The van der Waals surface area contributed by atoms with Crippen molar-refractivity contribution in [1.29, 1.82) is 0 Å². The Hall–Kier alpha value is -2.56. The molecule has 106 valence electrons. The summed E-state index contributed by atoms with van der Waals surface area (Å²) in [6, 6.07) is 21.4. The predicted octanol–water partition coefficient (Wildman–Crippen LogP) is 2.93. The first-order valence-corrected chi connectivity index (χ1v) is 7.11. The molecule has 3 aromatic carbocycles. The average molecular weight is 288 g/mol. The Morgan fingerprint density at radius 3 is 2.36 bits per heavy atom. The number of hydrogen-bond donors (Lipinski definition) is 2. The number of benzene rings is 3. The van der Waals surface area contributed by atoms with Crippen molar-refractivity contribution in [1.82, 2.24) is 0 Å². The molecule has 1 aromatic heterocycles. The van der Waals surface area contributed by atoms with Gasteiger partial charge in [-0.15, -0.1) is 0 Å². The van der Waals surface area contributed by atoms with Crippen LogP contribution in [0.5, 0.6) is 0 Å². The summed E-state index contributed by atoms with van der Waals surface area (Å²) in [5.74, 6) is 0. The highest BCUT2D eigenvalue weighted by Gasteiger charge is 2.16. The van der Waals surface area contributed by atoms with E-state index >= 15 is 0 Å². The van der Waals surface area contributed by atoms with Crippen molar-refractivity contribution in [3.8, 4) is 11.1 Å².